The Morgan fingerprint density at radius 2 is 1.34 bits per heavy atom. The molecule has 2 aromatic heterocycles. The molecule has 0 spiro atoms. The molecule has 9 atom stereocenters. The first-order valence-electron chi connectivity index (χ1n) is 29.0. The Hall–Kier alpha value is -9.61. The number of fused-ring (bicyclic) bond motifs is 1. The summed E-state index contributed by atoms with van der Waals surface area (Å²) < 4.78 is 0. The van der Waals surface area contributed by atoms with Crippen molar-refractivity contribution < 1.29 is 68.1 Å². The Balaban J connectivity index is 0.00000342. The number of aliphatic hydroxyl groups excluding tert-OH is 1. The number of carbonyl (C=O) groups excluding carboxylic acids is 10. The number of H-pyrrole nitrogens is 2. The summed E-state index contributed by atoms with van der Waals surface area (Å²) in [5.41, 5.74) is 13.2. The zero-order valence-electron chi connectivity index (χ0n) is 49.9. The number of amides is 10. The fourth-order valence-corrected chi connectivity index (χ4v) is 9.93. The molecule has 18 N–H and O–H groups in total. The number of benzene rings is 2. The highest BCUT2D eigenvalue weighted by atomic mass is 16.4. The number of aromatic nitrogens is 3. The molecule has 6 rings (SSSR count). The Morgan fingerprint density at radius 1 is 0.739 bits per heavy atom. The molecule has 30 nitrogen and oxygen atoms in total. The number of hydrogen-bond acceptors (Lipinski definition) is 15. The summed E-state index contributed by atoms with van der Waals surface area (Å²) in [6.45, 7) is 7.60. The number of aliphatic imine (C=N–C) groups is 1. The summed E-state index contributed by atoms with van der Waals surface area (Å²) in [5.74, 6) is -8.26. The van der Waals surface area contributed by atoms with Crippen LogP contribution in [0.25, 0.3) is 10.9 Å². The van der Waals surface area contributed by atoms with Crippen LogP contribution in [0.1, 0.15) is 96.4 Å². The van der Waals surface area contributed by atoms with Crippen molar-refractivity contribution in [3.8, 4) is 5.75 Å². The van der Waals surface area contributed by atoms with Crippen molar-refractivity contribution in [2.45, 2.75) is 153 Å². The van der Waals surface area contributed by atoms with Crippen molar-refractivity contribution in [1.82, 2.24) is 67.7 Å². The van der Waals surface area contributed by atoms with Gasteiger partial charge in [-0.3, -0.25) is 57.7 Å². The third kappa shape index (κ3) is 21.4. The fraction of sp³-hybridized carbons (Fsp3) is 0.500. The number of carboxylic acids is 1. The minimum atomic E-state index is -1.75. The number of nitrogens with two attached hydrogens (primary N) is 2. The number of aromatic amines is 2. The third-order valence-electron chi connectivity index (χ3n) is 14.3. The van der Waals surface area contributed by atoms with Gasteiger partial charge in [-0.1, -0.05) is 44.2 Å². The van der Waals surface area contributed by atoms with E-state index < -0.39 is 114 Å². The van der Waals surface area contributed by atoms with Crippen LogP contribution in [0.2, 0.25) is 0 Å². The Bertz CT molecular complexity index is 3090. The summed E-state index contributed by atoms with van der Waals surface area (Å²) in [4.78, 5) is 162. The van der Waals surface area contributed by atoms with E-state index in [1.807, 2.05) is 19.9 Å². The van der Waals surface area contributed by atoms with Gasteiger partial charge in [0.25, 0.3) is 5.97 Å². The van der Waals surface area contributed by atoms with Gasteiger partial charge in [0.15, 0.2) is 5.96 Å². The van der Waals surface area contributed by atoms with E-state index in [0.717, 1.165) is 12.4 Å². The van der Waals surface area contributed by atoms with Gasteiger partial charge in [0.2, 0.25) is 59.1 Å². The van der Waals surface area contributed by atoms with Gasteiger partial charge < -0.3 is 89.5 Å². The Kier molecular flexibility index (Phi) is 26.7. The lowest BCUT2D eigenvalue weighted by Gasteiger charge is -2.30. The van der Waals surface area contributed by atoms with Crippen molar-refractivity contribution >= 4 is 81.9 Å². The maximum absolute atomic E-state index is 14.5. The highest BCUT2D eigenvalue weighted by Gasteiger charge is 2.39. The van der Waals surface area contributed by atoms with Crippen LogP contribution in [0.3, 0.4) is 0 Å². The van der Waals surface area contributed by atoms with Crippen LogP contribution in [-0.4, -0.2) is 187 Å². The number of phenols is 1. The molecule has 4 heterocycles. The second-order valence-electron chi connectivity index (χ2n) is 21.8. The lowest BCUT2D eigenvalue weighted by atomic mass is 10.0. The average Bonchev–Trinajstić information content (AvgIpc) is 4.56. The molecule has 4 aromatic rings. The van der Waals surface area contributed by atoms with Crippen molar-refractivity contribution in [2.24, 2.45) is 22.4 Å². The number of aliphatic carboxylic acids is 1. The maximum Gasteiger partial charge on any atom is 0.300 e. The number of likely N-dealkylation sites (tertiary alicyclic amines) is 1. The number of phenolic OH excluding ortho intramolecular Hbond substituents is 1. The summed E-state index contributed by atoms with van der Waals surface area (Å²) >= 11 is 0. The summed E-state index contributed by atoms with van der Waals surface area (Å²) in [7, 11) is 0. The van der Waals surface area contributed by atoms with Gasteiger partial charge in [-0.15, -0.1) is 0 Å². The van der Waals surface area contributed by atoms with Gasteiger partial charge in [-0.25, -0.2) is 4.98 Å². The molecule has 0 aliphatic carbocycles. The Morgan fingerprint density at radius 3 is 1.95 bits per heavy atom. The average molecular weight is 1230 g/mol. The number of nitrogens with zero attached hydrogens (tertiary/aromatic N) is 3. The lowest BCUT2D eigenvalue weighted by molar-refractivity contribution is -0.142. The minimum absolute atomic E-state index is 0.0879. The van der Waals surface area contributed by atoms with E-state index in [1.165, 1.54) is 48.6 Å². The predicted octanol–water partition coefficient (Wildman–Crippen LogP) is -2.37. The molecule has 0 unspecified atom stereocenters. The van der Waals surface area contributed by atoms with Crippen molar-refractivity contribution in [2.75, 3.05) is 26.2 Å². The van der Waals surface area contributed by atoms with Crippen LogP contribution in [0.15, 0.2) is 72.2 Å². The van der Waals surface area contributed by atoms with Crippen LogP contribution in [0.4, 0.5) is 0 Å². The number of rotatable bonds is 30. The number of aromatic hydroxyl groups is 1. The van der Waals surface area contributed by atoms with E-state index in [2.05, 4.69) is 67.8 Å². The van der Waals surface area contributed by atoms with Crippen LogP contribution in [0.5, 0.6) is 5.75 Å². The van der Waals surface area contributed by atoms with Crippen molar-refractivity contribution in [3.05, 3.63) is 84.1 Å². The first-order valence-corrected chi connectivity index (χ1v) is 29.0. The molecule has 30 heteroatoms. The quantitative estimate of drug-likeness (QED) is 0.0147. The molecule has 2 fully saturated rings. The van der Waals surface area contributed by atoms with Crippen LogP contribution in [0, 0.1) is 5.92 Å². The van der Waals surface area contributed by atoms with Gasteiger partial charge in [-0.05, 0) is 87.6 Å². The molecule has 10 amide bonds. The smallest absolute Gasteiger partial charge is 0.300 e. The van der Waals surface area contributed by atoms with Gasteiger partial charge in [-0.2, -0.15) is 0 Å². The molecular formula is C58H82N16O14. The number of hydrogen-bond donors (Lipinski definition) is 16. The third-order valence-corrected chi connectivity index (χ3v) is 14.3. The van der Waals surface area contributed by atoms with Crippen LogP contribution >= 0.6 is 0 Å². The molecule has 0 saturated carbocycles. The molecule has 2 aliphatic heterocycles. The number of para-hydroxylation sites is 1. The summed E-state index contributed by atoms with van der Waals surface area (Å²) in [6, 6.07) is 1.50. The lowest BCUT2D eigenvalue weighted by Crippen LogP contribution is -2.61. The van der Waals surface area contributed by atoms with Gasteiger partial charge >= 0.3 is 0 Å². The van der Waals surface area contributed by atoms with E-state index in [0.29, 0.717) is 41.6 Å². The molecule has 0 radical (unpaired) electrons. The first-order chi connectivity index (χ1) is 41.9. The minimum Gasteiger partial charge on any atom is -0.508 e. The van der Waals surface area contributed by atoms with Gasteiger partial charge in [0.05, 0.1) is 12.9 Å². The molecule has 2 aliphatic rings. The van der Waals surface area contributed by atoms with E-state index in [1.54, 1.807) is 31.3 Å². The number of aliphatic hydroxyl groups is 1. The second kappa shape index (κ2) is 33.9. The van der Waals surface area contributed by atoms with E-state index in [9.17, 15) is 58.2 Å². The molecule has 0 bridgehead atoms. The first kappa shape index (κ1) is 69.2. The summed E-state index contributed by atoms with van der Waals surface area (Å²) in [6.07, 6.45) is 5.75. The number of carbonyl (C=O) groups is 11. The number of carboxylic acid groups (broad SMARTS) is 1. The highest BCUT2D eigenvalue weighted by Crippen LogP contribution is 2.22. The largest absolute Gasteiger partial charge is 0.508 e. The van der Waals surface area contributed by atoms with Crippen LogP contribution < -0.4 is 59.3 Å². The fourth-order valence-electron chi connectivity index (χ4n) is 9.93. The highest BCUT2D eigenvalue weighted by molar-refractivity contribution is 5.99. The maximum atomic E-state index is 14.5. The SMILES string of the molecule is CC(=O)O.CCNC(=O)[C@@H]1CCCN1C(=O)[C@H](CCCN=C(N)N)NC(=O)[C@H](CC(C)C)NC(=O)[C@@H](C)NC(=O)[C@H](Cc1ccc(O)cc1)NC(=O)[C@H](CO)NC(=O)[C@H](Cc1c[nH]c2ccccc12)NC(=O)[C@@H](Cc1cnc[nH]1)NC(=O)[C@@H]1CCC(=O)N1. The molecule has 478 valence electrons. The monoisotopic (exact) mass is 1230 g/mol. The second-order valence-corrected chi connectivity index (χ2v) is 21.8. The van der Waals surface area contributed by atoms with Crippen molar-refractivity contribution in [1.29, 1.82) is 0 Å². The Labute approximate surface area is 507 Å². The number of nitrogens with one attached hydrogen (secondary N) is 11. The molecular weight excluding hydrogens is 1140 g/mol. The zero-order valence-corrected chi connectivity index (χ0v) is 49.9. The molecule has 2 saturated heterocycles. The van der Waals surface area contributed by atoms with E-state index >= 15 is 0 Å². The predicted molar refractivity (Wildman–Crippen MR) is 320 cm³/mol. The number of guanidine groups is 1. The normalized spacial score (nSPS) is 16.8. The van der Waals surface area contributed by atoms with Gasteiger partial charge in [0, 0.05) is 81.2 Å². The number of likely N-dealkylation sites (N-methyl/N-ethyl adjacent to an activating group) is 1. The zero-order chi connectivity index (χ0) is 64.6. The molecule has 88 heavy (non-hydrogen) atoms. The standard InChI is InChI=1S/C56H78N16O12.C2H4O2/c1-5-60-54(83)45-13-9-21-72(45)55(84)39(12-8-20-61-56(57)58)66-50(79)40(22-30(2)3)67-47(76)31(4)64-49(78)41(23-32-14-16-35(74)17-15-32)68-53(82)44(28-73)71-51(80)42(24-33-26-62-37-11-7-6-10-36(33)37)69-52(81)43(25-34-27-59-29-63-34)70-48(77)38-18-19-46(75)65-38;1-2(3)4/h6-7,10-11,14-17,26-27,29-31,38-45,62,73-74H,5,8-9,12-13,18-25,28H2,1-4H3,(H,59,63)(H,60,83)(H,64,78)(H,65,75)(H,66,79)(H,67,76)(H,68,82)(H,69,81)(H,70,77)(H,71,80)(H4,57,58,61);1H3,(H,3,4)/t31-,38+,39+,40+,41+,42+,43-,44+,45+;/m1./s1. The van der Waals surface area contributed by atoms with E-state index in [-0.39, 0.29) is 93.9 Å². The summed E-state index contributed by atoms with van der Waals surface area (Å²) in [5, 5.41) is 52.7. The van der Waals surface area contributed by atoms with E-state index in [4.69, 9.17) is 21.4 Å². The van der Waals surface area contributed by atoms with Crippen LogP contribution in [-0.2, 0) is 72.0 Å². The molecule has 2 aromatic carbocycles. The number of imidazole rings is 1. The van der Waals surface area contributed by atoms with Crippen molar-refractivity contribution in [3.63, 3.8) is 0 Å². The van der Waals surface area contributed by atoms with Gasteiger partial charge in [0.1, 0.15) is 60.1 Å². The topological polar surface area (TPSA) is 469 Å².